The maximum Gasteiger partial charge on any atom is 0.279 e. The predicted octanol–water partition coefficient (Wildman–Crippen LogP) is 5.77. The van der Waals surface area contributed by atoms with E-state index in [1.807, 2.05) is 31.2 Å². The van der Waals surface area contributed by atoms with Gasteiger partial charge in [0.25, 0.3) is 5.19 Å². The van der Waals surface area contributed by atoms with E-state index >= 15 is 0 Å². The molecule has 1 amide bonds. The molecule has 1 saturated carbocycles. The molecule has 6 nitrogen and oxygen atoms in total. The summed E-state index contributed by atoms with van der Waals surface area (Å²) >= 11 is 7.78. The number of nitrogens with one attached hydrogen (secondary N) is 1. The van der Waals surface area contributed by atoms with E-state index in [2.05, 4.69) is 15.2 Å². The van der Waals surface area contributed by atoms with Crippen LogP contribution in [0, 0.1) is 5.92 Å². The molecular weight excluding hydrogens is 458 g/mol. The van der Waals surface area contributed by atoms with Gasteiger partial charge in [0.05, 0.1) is 16.5 Å². The number of aromatic nitrogens is 1. The molecule has 0 bridgehead atoms. The standard InChI is InChI=1S/C25H32ClN3O3S/c1-18(28-24(30)5-4-14-29-12-2-3-13-29)6-10-21-16-27-25(33-21)32-23-11-9-20(15-22(23)26)31-17-19-7-8-19/h6,9-11,15-16,18-19H,2-5,7-8,12-14,17H2,1H3,(H,28,30)/b10-6+/t18-/m0/s1. The maximum atomic E-state index is 12.2. The van der Waals surface area contributed by atoms with Gasteiger partial charge in [0.15, 0.2) is 0 Å². The highest BCUT2D eigenvalue weighted by atomic mass is 35.5. The Morgan fingerprint density at radius 2 is 2.18 bits per heavy atom. The number of benzene rings is 1. The molecule has 8 heteroatoms. The third-order valence-electron chi connectivity index (χ3n) is 5.80. The van der Waals surface area contributed by atoms with Crippen molar-refractivity contribution in [1.29, 1.82) is 0 Å². The number of hydrogen-bond acceptors (Lipinski definition) is 6. The van der Waals surface area contributed by atoms with Gasteiger partial charge in [0, 0.05) is 24.7 Å². The van der Waals surface area contributed by atoms with Crippen molar-refractivity contribution >= 4 is 34.9 Å². The van der Waals surface area contributed by atoms with E-state index in [-0.39, 0.29) is 11.9 Å². The first kappa shape index (κ1) is 24.0. The predicted molar refractivity (Wildman–Crippen MR) is 133 cm³/mol. The normalized spacial score (nSPS) is 17.4. The molecule has 1 aliphatic heterocycles. The van der Waals surface area contributed by atoms with Crippen LogP contribution in [0.3, 0.4) is 0 Å². The van der Waals surface area contributed by atoms with E-state index in [9.17, 15) is 4.79 Å². The fraction of sp³-hybridized carbons (Fsp3) is 0.520. The lowest BCUT2D eigenvalue weighted by molar-refractivity contribution is -0.121. The SMILES string of the molecule is C[C@@H](/C=C/c1cnc(Oc2ccc(OCC3CC3)cc2Cl)s1)NC(=O)CCCN1CCCC1. The van der Waals surface area contributed by atoms with E-state index in [4.69, 9.17) is 21.1 Å². The second kappa shape index (κ2) is 11.9. The highest BCUT2D eigenvalue weighted by Crippen LogP contribution is 2.35. The number of likely N-dealkylation sites (tertiary alicyclic amines) is 1. The number of ether oxygens (including phenoxy) is 2. The maximum absolute atomic E-state index is 12.2. The van der Waals surface area contributed by atoms with Gasteiger partial charge in [-0.25, -0.2) is 4.98 Å². The van der Waals surface area contributed by atoms with Crippen molar-refractivity contribution in [1.82, 2.24) is 15.2 Å². The van der Waals surface area contributed by atoms with Gasteiger partial charge in [0.1, 0.15) is 11.5 Å². The van der Waals surface area contributed by atoms with Crippen LogP contribution in [0.4, 0.5) is 0 Å². The van der Waals surface area contributed by atoms with E-state index in [0.29, 0.717) is 28.3 Å². The molecule has 1 saturated heterocycles. The number of carbonyl (C=O) groups is 1. The van der Waals surface area contributed by atoms with Crippen LogP contribution in [0.1, 0.15) is 50.3 Å². The molecule has 4 rings (SSSR count). The summed E-state index contributed by atoms with van der Waals surface area (Å²) in [6.45, 7) is 6.08. The monoisotopic (exact) mass is 489 g/mol. The number of rotatable bonds is 12. The Morgan fingerprint density at radius 3 is 2.94 bits per heavy atom. The number of halogens is 1. The average molecular weight is 490 g/mol. The van der Waals surface area contributed by atoms with Gasteiger partial charge in [-0.05, 0) is 82.8 Å². The summed E-state index contributed by atoms with van der Waals surface area (Å²) in [4.78, 5) is 19.9. The number of amides is 1. The summed E-state index contributed by atoms with van der Waals surface area (Å²) in [7, 11) is 0. The largest absolute Gasteiger partial charge is 0.493 e. The van der Waals surface area contributed by atoms with Gasteiger partial charge in [-0.1, -0.05) is 29.0 Å². The Balaban J connectivity index is 1.20. The highest BCUT2D eigenvalue weighted by molar-refractivity contribution is 7.14. The van der Waals surface area contributed by atoms with Crippen molar-refractivity contribution in [2.45, 2.75) is 51.5 Å². The first-order valence-corrected chi connectivity index (χ1v) is 13.0. The second-order valence-electron chi connectivity index (χ2n) is 8.84. The van der Waals surface area contributed by atoms with Crippen molar-refractivity contribution in [3.63, 3.8) is 0 Å². The van der Waals surface area contributed by atoms with Gasteiger partial charge in [-0.15, -0.1) is 0 Å². The van der Waals surface area contributed by atoms with Crippen LogP contribution < -0.4 is 14.8 Å². The molecule has 2 heterocycles. The number of hydrogen-bond donors (Lipinski definition) is 1. The molecular formula is C25H32ClN3O3S. The zero-order chi connectivity index (χ0) is 23.0. The molecule has 178 valence electrons. The van der Waals surface area contributed by atoms with Gasteiger partial charge >= 0.3 is 0 Å². The van der Waals surface area contributed by atoms with Crippen molar-refractivity contribution in [3.8, 4) is 16.7 Å². The Hall–Kier alpha value is -2.09. The summed E-state index contributed by atoms with van der Waals surface area (Å²) in [5.74, 6) is 2.10. The minimum atomic E-state index is -0.0478. The summed E-state index contributed by atoms with van der Waals surface area (Å²) in [6, 6.07) is 5.41. The van der Waals surface area contributed by atoms with Crippen molar-refractivity contribution < 1.29 is 14.3 Å². The van der Waals surface area contributed by atoms with Crippen LogP contribution in [0.2, 0.25) is 5.02 Å². The van der Waals surface area contributed by atoms with Crippen LogP contribution in [0.25, 0.3) is 6.08 Å². The molecule has 0 unspecified atom stereocenters. The minimum Gasteiger partial charge on any atom is -0.493 e. The lowest BCUT2D eigenvalue weighted by atomic mass is 10.2. The third-order valence-corrected chi connectivity index (χ3v) is 6.94. The van der Waals surface area contributed by atoms with E-state index in [0.717, 1.165) is 30.2 Å². The summed E-state index contributed by atoms with van der Waals surface area (Å²) in [6.07, 6.45) is 12.2. The Labute approximate surface area is 204 Å². The van der Waals surface area contributed by atoms with Gasteiger partial charge in [0.2, 0.25) is 5.91 Å². The van der Waals surface area contributed by atoms with E-state index in [1.165, 1.54) is 50.1 Å². The van der Waals surface area contributed by atoms with E-state index < -0.39 is 0 Å². The first-order valence-electron chi connectivity index (χ1n) is 11.8. The summed E-state index contributed by atoms with van der Waals surface area (Å²) < 4.78 is 11.6. The fourth-order valence-electron chi connectivity index (χ4n) is 3.72. The molecule has 1 aromatic carbocycles. The molecule has 2 fully saturated rings. The highest BCUT2D eigenvalue weighted by Gasteiger charge is 2.22. The Morgan fingerprint density at radius 1 is 1.36 bits per heavy atom. The molecule has 2 aliphatic rings. The lowest BCUT2D eigenvalue weighted by Gasteiger charge is -2.14. The molecule has 0 spiro atoms. The van der Waals surface area contributed by atoms with Crippen molar-refractivity contribution in [2.75, 3.05) is 26.2 Å². The van der Waals surface area contributed by atoms with Crippen LogP contribution in [0.5, 0.6) is 16.7 Å². The number of carbonyl (C=O) groups excluding carboxylic acids is 1. The molecule has 1 aliphatic carbocycles. The van der Waals surface area contributed by atoms with Gasteiger partial charge in [-0.2, -0.15) is 0 Å². The zero-order valence-corrected chi connectivity index (χ0v) is 20.7. The zero-order valence-electron chi connectivity index (χ0n) is 19.1. The molecule has 0 radical (unpaired) electrons. The minimum absolute atomic E-state index is 0.0478. The smallest absolute Gasteiger partial charge is 0.279 e. The van der Waals surface area contributed by atoms with Crippen LogP contribution in [0.15, 0.2) is 30.5 Å². The molecule has 33 heavy (non-hydrogen) atoms. The Kier molecular flexibility index (Phi) is 8.64. The van der Waals surface area contributed by atoms with Crippen LogP contribution in [-0.4, -0.2) is 48.1 Å². The van der Waals surface area contributed by atoms with Crippen molar-refractivity contribution in [2.24, 2.45) is 5.92 Å². The van der Waals surface area contributed by atoms with Crippen LogP contribution >= 0.6 is 22.9 Å². The molecule has 1 atom stereocenters. The van der Waals surface area contributed by atoms with Gasteiger partial charge in [-0.3, -0.25) is 4.79 Å². The quantitative estimate of drug-likeness (QED) is 0.410. The topological polar surface area (TPSA) is 63.7 Å². The lowest BCUT2D eigenvalue weighted by Crippen LogP contribution is -2.31. The van der Waals surface area contributed by atoms with Crippen LogP contribution in [-0.2, 0) is 4.79 Å². The van der Waals surface area contributed by atoms with Crippen molar-refractivity contribution in [3.05, 3.63) is 40.4 Å². The number of nitrogens with zero attached hydrogens (tertiary/aromatic N) is 2. The fourth-order valence-corrected chi connectivity index (χ4v) is 4.62. The summed E-state index contributed by atoms with van der Waals surface area (Å²) in [5.41, 5.74) is 0. The first-order chi connectivity index (χ1) is 16.0. The number of thiazole rings is 1. The van der Waals surface area contributed by atoms with Gasteiger partial charge < -0.3 is 19.7 Å². The molecule has 1 N–H and O–H groups in total. The summed E-state index contributed by atoms with van der Waals surface area (Å²) in [5, 5.41) is 4.05. The van der Waals surface area contributed by atoms with E-state index in [1.54, 1.807) is 12.3 Å². The second-order valence-corrected chi connectivity index (χ2v) is 10.3. The Bertz CT molecular complexity index is 954. The molecule has 1 aromatic heterocycles. The molecule has 2 aromatic rings. The average Bonchev–Trinajstić information content (AvgIpc) is 3.27. The third kappa shape index (κ3) is 8.02.